The molecule has 0 spiro atoms. The first-order valence-corrected chi connectivity index (χ1v) is 5.98. The third-order valence-corrected chi connectivity index (χ3v) is 3.10. The van der Waals surface area contributed by atoms with Gasteiger partial charge in [-0.3, -0.25) is 14.5 Å². The Kier molecular flexibility index (Phi) is 3.39. The van der Waals surface area contributed by atoms with Crippen LogP contribution in [0.25, 0.3) is 0 Å². The Labute approximate surface area is 114 Å². The molecule has 0 fully saturated rings. The quantitative estimate of drug-likeness (QED) is 0.606. The number of ketones is 1. The third-order valence-electron chi connectivity index (χ3n) is 3.10. The number of amides is 1. The van der Waals surface area contributed by atoms with E-state index in [9.17, 15) is 19.7 Å². The number of aromatic nitrogens is 1. The van der Waals surface area contributed by atoms with Gasteiger partial charge in [-0.15, -0.1) is 0 Å². The monoisotopic (exact) mass is 279 g/mol. The van der Waals surface area contributed by atoms with Crippen molar-refractivity contribution in [1.82, 2.24) is 4.98 Å². The molecule has 1 aromatic rings. The van der Waals surface area contributed by atoms with E-state index >= 15 is 0 Å². The Hall–Kier alpha value is -2.51. The second-order valence-electron chi connectivity index (χ2n) is 4.50. The highest BCUT2D eigenvalue weighted by molar-refractivity contribution is 6.04. The summed E-state index contributed by atoms with van der Waals surface area (Å²) in [6.07, 6.45) is -0.771. The molecule has 1 amide bonds. The minimum Gasteiger partial charge on any atom is -0.475 e. The highest BCUT2D eigenvalue weighted by atomic mass is 16.6. The number of pyridine rings is 1. The van der Waals surface area contributed by atoms with Crippen molar-refractivity contribution < 1.29 is 19.2 Å². The van der Waals surface area contributed by atoms with Gasteiger partial charge >= 0.3 is 5.82 Å². The van der Waals surface area contributed by atoms with Gasteiger partial charge in [0, 0.05) is 6.07 Å². The van der Waals surface area contributed by atoms with Gasteiger partial charge in [0.2, 0.25) is 0 Å². The van der Waals surface area contributed by atoms with Crippen molar-refractivity contribution >= 4 is 23.3 Å². The molecule has 0 radical (unpaired) electrons. The van der Waals surface area contributed by atoms with Crippen molar-refractivity contribution in [3.05, 3.63) is 22.2 Å². The molecule has 2 unspecified atom stereocenters. The number of rotatable bonds is 3. The summed E-state index contributed by atoms with van der Waals surface area (Å²) in [7, 11) is 0. The lowest BCUT2D eigenvalue weighted by atomic mass is 10.1. The molecule has 1 aliphatic rings. The number of nitro groups is 1. The number of fused-ring (bicyclic) bond motifs is 1. The van der Waals surface area contributed by atoms with Gasteiger partial charge < -0.3 is 14.9 Å². The lowest BCUT2D eigenvalue weighted by Crippen LogP contribution is -2.51. The van der Waals surface area contributed by atoms with Gasteiger partial charge in [-0.05, 0) is 36.7 Å². The second-order valence-corrected chi connectivity index (χ2v) is 4.50. The summed E-state index contributed by atoms with van der Waals surface area (Å²) >= 11 is 0. The van der Waals surface area contributed by atoms with Crippen LogP contribution in [0.5, 0.6) is 5.75 Å². The van der Waals surface area contributed by atoms with Crippen LogP contribution < -0.4 is 9.64 Å². The zero-order chi connectivity index (χ0) is 15.0. The number of carbonyl (C=O) groups is 2. The average molecular weight is 279 g/mol. The zero-order valence-corrected chi connectivity index (χ0v) is 11.2. The predicted octanol–water partition coefficient (Wildman–Crippen LogP) is 1.08. The molecule has 0 saturated carbocycles. The van der Waals surface area contributed by atoms with E-state index in [4.69, 9.17) is 4.74 Å². The molecule has 1 aromatic heterocycles. The molecule has 8 heteroatoms. The van der Waals surface area contributed by atoms with E-state index in [0.717, 1.165) is 4.90 Å². The number of nitrogens with zero attached hydrogens (tertiary/aromatic N) is 3. The Morgan fingerprint density at radius 3 is 2.75 bits per heavy atom. The molecule has 0 aliphatic carbocycles. The minimum absolute atomic E-state index is 0.00463. The highest BCUT2D eigenvalue weighted by Crippen LogP contribution is 2.35. The number of carbonyl (C=O) groups excluding carboxylic acids is 2. The maximum absolute atomic E-state index is 12.2. The number of ether oxygens (including phenoxy) is 1. The molecule has 20 heavy (non-hydrogen) atoms. The summed E-state index contributed by atoms with van der Waals surface area (Å²) in [5, 5.41) is 10.8. The fraction of sp³-hybridized carbons (Fsp3) is 0.417. The van der Waals surface area contributed by atoms with Gasteiger partial charge in [0.15, 0.2) is 17.6 Å². The molecule has 2 heterocycles. The van der Waals surface area contributed by atoms with Crippen molar-refractivity contribution in [3.8, 4) is 5.75 Å². The van der Waals surface area contributed by atoms with Crippen molar-refractivity contribution in [2.75, 3.05) is 4.90 Å². The van der Waals surface area contributed by atoms with Gasteiger partial charge in [0.05, 0.1) is 6.04 Å². The molecule has 2 rings (SSSR count). The van der Waals surface area contributed by atoms with Crippen LogP contribution in [-0.4, -0.2) is 33.7 Å². The van der Waals surface area contributed by atoms with E-state index in [1.165, 1.54) is 19.1 Å². The Balaban J connectivity index is 2.57. The third kappa shape index (κ3) is 2.20. The molecule has 0 bridgehead atoms. The molecule has 1 aliphatic heterocycles. The first-order valence-electron chi connectivity index (χ1n) is 5.98. The minimum atomic E-state index is -0.771. The number of hydrogen-bond acceptors (Lipinski definition) is 6. The molecule has 2 atom stereocenters. The number of anilines is 1. The Morgan fingerprint density at radius 1 is 1.55 bits per heavy atom. The Morgan fingerprint density at radius 2 is 2.20 bits per heavy atom. The van der Waals surface area contributed by atoms with Crippen LogP contribution in [0.2, 0.25) is 0 Å². The van der Waals surface area contributed by atoms with E-state index in [-0.39, 0.29) is 17.4 Å². The average Bonchev–Trinajstić information content (AvgIpc) is 2.38. The number of hydrogen-bond donors (Lipinski definition) is 0. The van der Waals surface area contributed by atoms with Gasteiger partial charge in [-0.1, -0.05) is 0 Å². The largest absolute Gasteiger partial charge is 0.475 e. The normalized spacial score (nSPS) is 19.1. The van der Waals surface area contributed by atoms with Gasteiger partial charge in [-0.2, -0.15) is 0 Å². The molecule has 8 nitrogen and oxygen atoms in total. The van der Waals surface area contributed by atoms with Crippen molar-refractivity contribution in [2.24, 2.45) is 0 Å². The molecular formula is C12H13N3O5. The maximum Gasteiger partial charge on any atom is 0.366 e. The lowest BCUT2D eigenvalue weighted by Gasteiger charge is -2.32. The smallest absolute Gasteiger partial charge is 0.366 e. The first kappa shape index (κ1) is 13.9. The molecular weight excluding hydrogens is 266 g/mol. The molecule has 0 aromatic carbocycles. The summed E-state index contributed by atoms with van der Waals surface area (Å²) in [5.74, 6) is -0.851. The van der Waals surface area contributed by atoms with Crippen molar-refractivity contribution in [3.63, 3.8) is 0 Å². The van der Waals surface area contributed by atoms with Crippen LogP contribution in [0, 0.1) is 10.1 Å². The predicted molar refractivity (Wildman–Crippen MR) is 68.6 cm³/mol. The van der Waals surface area contributed by atoms with Crippen LogP contribution in [-0.2, 0) is 9.59 Å². The van der Waals surface area contributed by atoms with Crippen LogP contribution >= 0.6 is 0 Å². The summed E-state index contributed by atoms with van der Waals surface area (Å²) in [4.78, 5) is 38.8. The van der Waals surface area contributed by atoms with E-state index in [2.05, 4.69) is 4.98 Å². The fourth-order valence-electron chi connectivity index (χ4n) is 1.89. The summed E-state index contributed by atoms with van der Waals surface area (Å²) < 4.78 is 5.35. The first-order chi connectivity index (χ1) is 9.32. The van der Waals surface area contributed by atoms with Crippen LogP contribution in [0.3, 0.4) is 0 Å². The van der Waals surface area contributed by atoms with Crippen molar-refractivity contribution in [2.45, 2.75) is 32.9 Å². The van der Waals surface area contributed by atoms with E-state index in [0.29, 0.717) is 0 Å². The summed E-state index contributed by atoms with van der Waals surface area (Å²) in [5.41, 5.74) is 0. The number of Topliss-reactive ketones (excluding diaryl/α,β-unsaturated/α-hetero) is 1. The van der Waals surface area contributed by atoms with Crippen molar-refractivity contribution in [1.29, 1.82) is 0 Å². The molecule has 0 saturated heterocycles. The van der Waals surface area contributed by atoms with Crippen LogP contribution in [0.1, 0.15) is 20.8 Å². The topological polar surface area (TPSA) is 103 Å². The zero-order valence-electron chi connectivity index (χ0n) is 11.2. The Bertz CT molecular complexity index is 601. The van der Waals surface area contributed by atoms with Gasteiger partial charge in [-0.25, -0.2) is 0 Å². The second kappa shape index (κ2) is 4.87. The van der Waals surface area contributed by atoms with Crippen LogP contribution in [0.15, 0.2) is 12.1 Å². The summed E-state index contributed by atoms with van der Waals surface area (Å²) in [6, 6.07) is 1.81. The molecule has 0 N–H and O–H groups in total. The molecule has 106 valence electrons. The maximum atomic E-state index is 12.2. The van der Waals surface area contributed by atoms with E-state index in [1.54, 1.807) is 13.8 Å². The SMILES string of the molecule is CC(=O)C(C)N1C(=O)C(C)Oc2ccc([N+](=O)[O-])nc21. The lowest BCUT2D eigenvalue weighted by molar-refractivity contribution is -0.389. The van der Waals surface area contributed by atoms with Crippen LogP contribution in [0.4, 0.5) is 11.6 Å². The highest BCUT2D eigenvalue weighted by Gasteiger charge is 2.40. The summed E-state index contributed by atoms with van der Waals surface area (Å²) in [6.45, 7) is 4.43. The van der Waals surface area contributed by atoms with Gasteiger partial charge in [0.1, 0.15) is 0 Å². The standard InChI is InChI=1S/C12H13N3O5/c1-6(7(2)16)14-11-9(20-8(3)12(14)17)4-5-10(13-11)15(18)19/h4-6,8H,1-3H3. The van der Waals surface area contributed by atoms with Gasteiger partial charge in [0.25, 0.3) is 11.7 Å². The van der Waals surface area contributed by atoms with E-state index in [1.807, 2.05) is 0 Å². The fourth-order valence-corrected chi connectivity index (χ4v) is 1.89. The van der Waals surface area contributed by atoms with E-state index < -0.39 is 28.8 Å².